The predicted molar refractivity (Wildman–Crippen MR) is 81.6 cm³/mol. The molecule has 2 aromatic carbocycles. The van der Waals surface area contributed by atoms with Crippen molar-refractivity contribution >= 4 is 27.5 Å². The molecule has 0 aliphatic rings. The van der Waals surface area contributed by atoms with Crippen LogP contribution in [-0.4, -0.2) is 20.1 Å². The van der Waals surface area contributed by atoms with E-state index in [4.69, 9.17) is 9.47 Å². The molecule has 0 bridgehead atoms. The van der Waals surface area contributed by atoms with Crippen molar-refractivity contribution in [2.45, 2.75) is 0 Å². The molecular formula is C15H13BrFNO3. The lowest BCUT2D eigenvalue weighted by molar-refractivity contribution is 0.102. The van der Waals surface area contributed by atoms with Crippen LogP contribution >= 0.6 is 15.9 Å². The third-order valence-corrected chi connectivity index (χ3v) is 3.45. The van der Waals surface area contributed by atoms with Gasteiger partial charge in [0.25, 0.3) is 5.91 Å². The second-order valence-electron chi connectivity index (χ2n) is 4.18. The van der Waals surface area contributed by atoms with Gasteiger partial charge in [0.05, 0.1) is 19.9 Å². The van der Waals surface area contributed by atoms with Gasteiger partial charge in [-0.15, -0.1) is 0 Å². The maximum absolute atomic E-state index is 13.0. The molecule has 0 radical (unpaired) electrons. The summed E-state index contributed by atoms with van der Waals surface area (Å²) >= 11 is 3.20. The Balaban J connectivity index is 2.27. The number of ether oxygens (including phenoxy) is 2. The quantitative estimate of drug-likeness (QED) is 0.907. The highest BCUT2D eigenvalue weighted by molar-refractivity contribution is 9.10. The van der Waals surface area contributed by atoms with Crippen LogP contribution < -0.4 is 14.8 Å². The highest BCUT2D eigenvalue weighted by Gasteiger charge is 2.12. The lowest BCUT2D eigenvalue weighted by Gasteiger charge is -2.10. The largest absolute Gasteiger partial charge is 0.497 e. The number of carbonyl (C=O) groups is 1. The van der Waals surface area contributed by atoms with Gasteiger partial charge in [-0.2, -0.15) is 0 Å². The van der Waals surface area contributed by atoms with Crippen molar-refractivity contribution in [3.63, 3.8) is 0 Å². The smallest absolute Gasteiger partial charge is 0.255 e. The lowest BCUT2D eigenvalue weighted by atomic mass is 10.2. The second kappa shape index (κ2) is 6.58. The minimum atomic E-state index is -0.386. The maximum Gasteiger partial charge on any atom is 0.255 e. The van der Waals surface area contributed by atoms with Gasteiger partial charge >= 0.3 is 0 Å². The first-order valence-corrected chi connectivity index (χ1v) is 6.82. The average Bonchev–Trinajstić information content (AvgIpc) is 2.49. The number of benzene rings is 2. The van der Waals surface area contributed by atoms with Gasteiger partial charge in [-0.05, 0) is 46.3 Å². The van der Waals surface area contributed by atoms with Crippen LogP contribution in [0.15, 0.2) is 40.9 Å². The van der Waals surface area contributed by atoms with Crippen molar-refractivity contribution in [2.75, 3.05) is 19.5 Å². The first kappa shape index (κ1) is 15.3. The van der Waals surface area contributed by atoms with Crippen molar-refractivity contribution in [1.82, 2.24) is 0 Å². The highest BCUT2D eigenvalue weighted by Crippen LogP contribution is 2.26. The molecule has 6 heteroatoms. The zero-order valence-corrected chi connectivity index (χ0v) is 13.0. The van der Waals surface area contributed by atoms with Crippen molar-refractivity contribution in [1.29, 1.82) is 0 Å². The van der Waals surface area contributed by atoms with E-state index in [-0.39, 0.29) is 11.7 Å². The molecular weight excluding hydrogens is 341 g/mol. The summed E-state index contributed by atoms with van der Waals surface area (Å²) in [5, 5.41) is 2.69. The molecule has 2 aromatic rings. The topological polar surface area (TPSA) is 47.6 Å². The van der Waals surface area contributed by atoms with Gasteiger partial charge in [-0.25, -0.2) is 4.39 Å². The van der Waals surface area contributed by atoms with Crippen LogP contribution in [0, 0.1) is 5.82 Å². The van der Waals surface area contributed by atoms with E-state index >= 15 is 0 Å². The Morgan fingerprint density at radius 1 is 1.10 bits per heavy atom. The summed E-state index contributed by atoms with van der Waals surface area (Å²) in [6, 6.07) is 8.89. The summed E-state index contributed by atoms with van der Waals surface area (Å²) in [6.45, 7) is 0. The zero-order chi connectivity index (χ0) is 15.4. The summed E-state index contributed by atoms with van der Waals surface area (Å²) in [4.78, 5) is 12.3. The summed E-state index contributed by atoms with van der Waals surface area (Å²) in [7, 11) is 3.01. The third kappa shape index (κ3) is 3.72. The fraction of sp³-hybridized carbons (Fsp3) is 0.133. The Bertz CT molecular complexity index is 654. The number of amides is 1. The van der Waals surface area contributed by atoms with Crippen molar-refractivity contribution in [3.8, 4) is 11.5 Å². The van der Waals surface area contributed by atoms with Crippen LogP contribution in [0.3, 0.4) is 0 Å². The van der Waals surface area contributed by atoms with Crippen LogP contribution in [0.2, 0.25) is 0 Å². The van der Waals surface area contributed by atoms with Gasteiger partial charge in [-0.1, -0.05) is 0 Å². The molecule has 1 N–H and O–H groups in total. The Morgan fingerprint density at radius 3 is 2.24 bits per heavy atom. The minimum absolute atomic E-state index is 0.348. The lowest BCUT2D eigenvalue weighted by Crippen LogP contribution is -2.12. The molecule has 110 valence electrons. The molecule has 0 aliphatic heterocycles. The molecule has 0 fully saturated rings. The standard InChI is InChI=1S/C15H13BrFNO3/c1-20-11-5-9(6-12(8-11)21-2)15(19)18-14-4-3-10(17)7-13(14)16/h3-8H,1-2H3,(H,18,19). The molecule has 4 nitrogen and oxygen atoms in total. The van der Waals surface area contributed by atoms with Gasteiger partial charge in [0.15, 0.2) is 0 Å². The van der Waals surface area contributed by atoms with Crippen LogP contribution in [0.5, 0.6) is 11.5 Å². The normalized spacial score (nSPS) is 10.1. The van der Waals surface area contributed by atoms with Gasteiger partial charge in [-0.3, -0.25) is 4.79 Å². The average molecular weight is 354 g/mol. The Kier molecular flexibility index (Phi) is 4.80. The van der Waals surface area contributed by atoms with E-state index < -0.39 is 0 Å². The molecule has 0 heterocycles. The molecule has 0 atom stereocenters. The van der Waals surface area contributed by atoms with Crippen molar-refractivity contribution in [3.05, 3.63) is 52.3 Å². The van der Waals surface area contributed by atoms with E-state index in [0.717, 1.165) is 0 Å². The Morgan fingerprint density at radius 2 is 1.71 bits per heavy atom. The number of hydrogen-bond donors (Lipinski definition) is 1. The molecule has 0 unspecified atom stereocenters. The molecule has 0 saturated carbocycles. The first-order chi connectivity index (χ1) is 10.0. The maximum atomic E-state index is 13.0. The summed E-state index contributed by atoms with van der Waals surface area (Å²) < 4.78 is 23.7. The molecule has 0 saturated heterocycles. The fourth-order valence-electron chi connectivity index (χ4n) is 1.72. The molecule has 21 heavy (non-hydrogen) atoms. The van der Waals surface area contributed by atoms with Gasteiger partial charge in [0, 0.05) is 16.1 Å². The monoisotopic (exact) mass is 353 g/mol. The predicted octanol–water partition coefficient (Wildman–Crippen LogP) is 3.86. The number of rotatable bonds is 4. The SMILES string of the molecule is COc1cc(OC)cc(C(=O)Nc2ccc(F)cc2Br)c1. The zero-order valence-electron chi connectivity index (χ0n) is 11.4. The molecule has 2 rings (SSSR count). The number of nitrogens with one attached hydrogen (secondary N) is 1. The van der Waals surface area contributed by atoms with Gasteiger partial charge in [0.2, 0.25) is 0 Å². The van der Waals surface area contributed by atoms with E-state index in [2.05, 4.69) is 21.2 Å². The van der Waals surface area contributed by atoms with Crippen molar-refractivity contribution in [2.24, 2.45) is 0 Å². The van der Waals surface area contributed by atoms with Crippen LogP contribution in [0.1, 0.15) is 10.4 Å². The molecule has 0 aromatic heterocycles. The summed E-state index contributed by atoms with van der Waals surface area (Å²) in [6.07, 6.45) is 0. The van der Waals surface area contributed by atoms with Crippen LogP contribution in [0.4, 0.5) is 10.1 Å². The number of carbonyl (C=O) groups excluding carboxylic acids is 1. The third-order valence-electron chi connectivity index (χ3n) is 2.79. The highest BCUT2D eigenvalue weighted by atomic mass is 79.9. The van der Waals surface area contributed by atoms with Gasteiger partial charge in [0.1, 0.15) is 17.3 Å². The van der Waals surface area contributed by atoms with E-state index in [0.29, 0.717) is 27.2 Å². The summed E-state index contributed by atoms with van der Waals surface area (Å²) in [5.74, 6) is 0.290. The molecule has 0 spiro atoms. The van der Waals surface area contributed by atoms with E-state index in [1.807, 2.05) is 0 Å². The summed E-state index contributed by atoms with van der Waals surface area (Å²) in [5.41, 5.74) is 0.852. The van der Waals surface area contributed by atoms with Crippen LogP contribution in [0.25, 0.3) is 0 Å². The number of hydrogen-bond acceptors (Lipinski definition) is 3. The molecule has 1 amide bonds. The first-order valence-electron chi connectivity index (χ1n) is 6.03. The van der Waals surface area contributed by atoms with Crippen molar-refractivity contribution < 1.29 is 18.7 Å². The minimum Gasteiger partial charge on any atom is -0.497 e. The number of methoxy groups -OCH3 is 2. The Labute approximate surface area is 130 Å². The number of halogens is 2. The van der Waals surface area contributed by atoms with Crippen LogP contribution in [-0.2, 0) is 0 Å². The van der Waals surface area contributed by atoms with E-state index in [1.165, 1.54) is 32.4 Å². The second-order valence-corrected chi connectivity index (χ2v) is 5.03. The molecule has 0 aliphatic carbocycles. The van der Waals surface area contributed by atoms with E-state index in [1.54, 1.807) is 18.2 Å². The Hall–Kier alpha value is -2.08. The van der Waals surface area contributed by atoms with E-state index in [9.17, 15) is 9.18 Å². The fourth-order valence-corrected chi connectivity index (χ4v) is 2.17. The number of anilines is 1. The van der Waals surface area contributed by atoms with Gasteiger partial charge < -0.3 is 14.8 Å².